The molecule has 2 aromatic carbocycles. The molecule has 1 aromatic heterocycles. The molecule has 0 saturated carbocycles. The minimum atomic E-state index is 0.532. The summed E-state index contributed by atoms with van der Waals surface area (Å²) in [5, 5.41) is 0. The van der Waals surface area contributed by atoms with Crippen molar-refractivity contribution >= 4 is 22.6 Å². The summed E-state index contributed by atoms with van der Waals surface area (Å²) in [6.07, 6.45) is 0. The number of aromatic nitrogens is 2. The number of rotatable bonds is 3. The van der Waals surface area contributed by atoms with Crippen molar-refractivity contribution in [3.8, 4) is 17.1 Å². The zero-order chi connectivity index (χ0) is 14.8. The molecule has 5 nitrogen and oxygen atoms in total. The molecule has 0 saturated heterocycles. The van der Waals surface area contributed by atoms with E-state index in [0.717, 1.165) is 33.9 Å². The Morgan fingerprint density at radius 2 is 1.95 bits per heavy atom. The van der Waals surface area contributed by atoms with E-state index < -0.39 is 0 Å². The SMILES string of the molecule is COc1ccc(-c2nc3ccc(N=C(C)N)cc3[nH]2)cc1. The summed E-state index contributed by atoms with van der Waals surface area (Å²) in [7, 11) is 1.65. The number of hydrogen-bond acceptors (Lipinski definition) is 3. The Balaban J connectivity index is 2.01. The lowest BCUT2D eigenvalue weighted by atomic mass is 10.2. The van der Waals surface area contributed by atoms with Gasteiger partial charge in [-0.2, -0.15) is 0 Å². The second-order valence-corrected chi connectivity index (χ2v) is 4.77. The third-order valence-electron chi connectivity index (χ3n) is 3.13. The number of hydrogen-bond donors (Lipinski definition) is 2. The molecule has 3 N–H and O–H groups in total. The van der Waals surface area contributed by atoms with Gasteiger partial charge < -0.3 is 15.5 Å². The first-order valence-corrected chi connectivity index (χ1v) is 6.60. The maximum Gasteiger partial charge on any atom is 0.138 e. The van der Waals surface area contributed by atoms with Gasteiger partial charge in [0.15, 0.2) is 0 Å². The Morgan fingerprint density at radius 3 is 2.62 bits per heavy atom. The summed E-state index contributed by atoms with van der Waals surface area (Å²) in [5.41, 5.74) is 9.25. The molecular formula is C16H16N4O. The first-order valence-electron chi connectivity index (χ1n) is 6.60. The number of nitrogens with one attached hydrogen (secondary N) is 1. The highest BCUT2D eigenvalue weighted by Crippen LogP contribution is 2.25. The first-order chi connectivity index (χ1) is 10.2. The van der Waals surface area contributed by atoms with Gasteiger partial charge in [-0.3, -0.25) is 0 Å². The van der Waals surface area contributed by atoms with E-state index in [0.29, 0.717) is 5.84 Å². The molecule has 0 radical (unpaired) electrons. The fourth-order valence-corrected chi connectivity index (χ4v) is 2.16. The Labute approximate surface area is 122 Å². The third kappa shape index (κ3) is 2.72. The summed E-state index contributed by atoms with van der Waals surface area (Å²) in [6.45, 7) is 1.76. The second kappa shape index (κ2) is 5.28. The predicted molar refractivity (Wildman–Crippen MR) is 85.0 cm³/mol. The molecule has 5 heteroatoms. The molecule has 0 fully saturated rings. The number of H-pyrrole nitrogens is 1. The van der Waals surface area contributed by atoms with Crippen LogP contribution in [0.5, 0.6) is 5.75 Å². The van der Waals surface area contributed by atoms with E-state index in [2.05, 4.69) is 15.0 Å². The predicted octanol–water partition coefficient (Wildman–Crippen LogP) is 3.25. The monoisotopic (exact) mass is 280 g/mol. The fourth-order valence-electron chi connectivity index (χ4n) is 2.16. The molecule has 0 aliphatic carbocycles. The molecule has 0 bridgehead atoms. The number of aliphatic imine (C=N–C) groups is 1. The number of benzene rings is 2. The quantitative estimate of drug-likeness (QED) is 0.571. The molecular weight excluding hydrogens is 264 g/mol. The highest BCUT2D eigenvalue weighted by molar-refractivity contribution is 5.85. The van der Waals surface area contributed by atoms with Crippen LogP contribution in [0, 0.1) is 0 Å². The van der Waals surface area contributed by atoms with E-state index in [9.17, 15) is 0 Å². The van der Waals surface area contributed by atoms with Crippen LogP contribution >= 0.6 is 0 Å². The van der Waals surface area contributed by atoms with E-state index in [-0.39, 0.29) is 0 Å². The molecule has 3 rings (SSSR count). The fraction of sp³-hybridized carbons (Fsp3) is 0.125. The number of methoxy groups -OCH3 is 1. The van der Waals surface area contributed by atoms with Crippen molar-refractivity contribution in [3.63, 3.8) is 0 Å². The molecule has 0 amide bonds. The van der Waals surface area contributed by atoms with Crippen LogP contribution in [0.1, 0.15) is 6.92 Å². The van der Waals surface area contributed by atoms with Crippen LogP contribution in [0.15, 0.2) is 47.5 Å². The van der Waals surface area contributed by atoms with Crippen LogP contribution in [0.4, 0.5) is 5.69 Å². The van der Waals surface area contributed by atoms with E-state index in [1.54, 1.807) is 14.0 Å². The normalized spacial score (nSPS) is 11.8. The molecule has 1 heterocycles. The summed E-state index contributed by atoms with van der Waals surface area (Å²) < 4.78 is 5.16. The van der Waals surface area contributed by atoms with Crippen molar-refractivity contribution in [2.24, 2.45) is 10.7 Å². The van der Waals surface area contributed by atoms with Gasteiger partial charge in [0.25, 0.3) is 0 Å². The highest BCUT2D eigenvalue weighted by atomic mass is 16.5. The van der Waals surface area contributed by atoms with E-state index in [4.69, 9.17) is 10.5 Å². The van der Waals surface area contributed by atoms with Gasteiger partial charge in [-0.1, -0.05) is 0 Å². The zero-order valence-corrected chi connectivity index (χ0v) is 11.9. The molecule has 3 aromatic rings. The number of imidazole rings is 1. The van der Waals surface area contributed by atoms with Crippen molar-refractivity contribution in [3.05, 3.63) is 42.5 Å². The minimum Gasteiger partial charge on any atom is -0.497 e. The molecule has 0 spiro atoms. The van der Waals surface area contributed by atoms with E-state index >= 15 is 0 Å². The van der Waals surface area contributed by atoms with Gasteiger partial charge in [-0.05, 0) is 49.4 Å². The summed E-state index contributed by atoms with van der Waals surface area (Å²) in [4.78, 5) is 12.1. The highest BCUT2D eigenvalue weighted by Gasteiger charge is 2.06. The average molecular weight is 280 g/mol. The van der Waals surface area contributed by atoms with E-state index in [1.165, 1.54) is 0 Å². The maximum atomic E-state index is 5.60. The Kier molecular flexibility index (Phi) is 3.31. The van der Waals surface area contributed by atoms with Crippen LogP contribution in [-0.2, 0) is 0 Å². The van der Waals surface area contributed by atoms with Gasteiger partial charge in [0.1, 0.15) is 11.6 Å². The molecule has 0 atom stereocenters. The first kappa shape index (κ1) is 13.2. The van der Waals surface area contributed by atoms with Crippen LogP contribution < -0.4 is 10.5 Å². The van der Waals surface area contributed by atoms with Gasteiger partial charge in [0.05, 0.1) is 29.7 Å². The van der Waals surface area contributed by atoms with Gasteiger partial charge in [0.2, 0.25) is 0 Å². The summed E-state index contributed by atoms with van der Waals surface area (Å²) in [5.74, 6) is 2.17. The molecule has 106 valence electrons. The Morgan fingerprint density at radius 1 is 1.19 bits per heavy atom. The van der Waals surface area contributed by atoms with Crippen molar-refractivity contribution < 1.29 is 4.74 Å². The van der Waals surface area contributed by atoms with E-state index in [1.807, 2.05) is 42.5 Å². The lowest BCUT2D eigenvalue weighted by Crippen LogP contribution is -2.03. The smallest absolute Gasteiger partial charge is 0.138 e. The minimum absolute atomic E-state index is 0.532. The van der Waals surface area contributed by atoms with Crippen LogP contribution in [0.3, 0.4) is 0 Å². The molecule has 0 unspecified atom stereocenters. The number of nitrogens with zero attached hydrogens (tertiary/aromatic N) is 2. The lowest BCUT2D eigenvalue weighted by Gasteiger charge is -2.00. The number of fused-ring (bicyclic) bond motifs is 1. The maximum absolute atomic E-state index is 5.60. The van der Waals surface area contributed by atoms with Crippen molar-refractivity contribution in [1.82, 2.24) is 9.97 Å². The summed E-state index contributed by atoms with van der Waals surface area (Å²) >= 11 is 0. The molecule has 0 aliphatic heterocycles. The lowest BCUT2D eigenvalue weighted by molar-refractivity contribution is 0.415. The van der Waals surface area contributed by atoms with Crippen molar-refractivity contribution in [2.45, 2.75) is 6.92 Å². The second-order valence-electron chi connectivity index (χ2n) is 4.77. The number of nitrogens with two attached hydrogens (primary N) is 1. The van der Waals surface area contributed by atoms with Gasteiger partial charge in [-0.25, -0.2) is 9.98 Å². The van der Waals surface area contributed by atoms with Gasteiger partial charge in [0, 0.05) is 5.56 Å². The van der Waals surface area contributed by atoms with Crippen LogP contribution in [0.25, 0.3) is 22.4 Å². The number of ether oxygens (including phenoxy) is 1. The van der Waals surface area contributed by atoms with Gasteiger partial charge >= 0.3 is 0 Å². The van der Waals surface area contributed by atoms with Crippen molar-refractivity contribution in [2.75, 3.05) is 7.11 Å². The summed E-state index contributed by atoms with van der Waals surface area (Å²) in [6, 6.07) is 13.5. The largest absolute Gasteiger partial charge is 0.497 e. The molecule has 0 aliphatic rings. The average Bonchev–Trinajstić information content (AvgIpc) is 2.90. The topological polar surface area (TPSA) is 76.3 Å². The van der Waals surface area contributed by atoms with Crippen molar-refractivity contribution in [1.29, 1.82) is 0 Å². The van der Waals surface area contributed by atoms with Crippen LogP contribution in [-0.4, -0.2) is 22.9 Å². The molecule has 21 heavy (non-hydrogen) atoms. The standard InChI is InChI=1S/C16H16N4O/c1-10(17)18-12-5-8-14-15(9-12)20-16(19-14)11-3-6-13(21-2)7-4-11/h3-9H,1-2H3,(H2,17,18)(H,19,20). The van der Waals surface area contributed by atoms with Gasteiger partial charge in [-0.15, -0.1) is 0 Å². The van der Waals surface area contributed by atoms with Crippen LogP contribution in [0.2, 0.25) is 0 Å². The number of aromatic amines is 1. The third-order valence-corrected chi connectivity index (χ3v) is 3.13. The zero-order valence-electron chi connectivity index (χ0n) is 11.9. The Hall–Kier alpha value is -2.82. The Bertz CT molecular complexity index is 799. The number of amidine groups is 1.